The molecule has 0 saturated heterocycles. The van der Waals surface area contributed by atoms with Crippen molar-refractivity contribution >= 4 is 0 Å². The molecule has 0 radical (unpaired) electrons. The molecule has 1 nitrogen and oxygen atoms in total. The number of hydrogen-bond acceptors (Lipinski definition) is 1. The van der Waals surface area contributed by atoms with Crippen molar-refractivity contribution in [1.29, 1.82) is 0 Å². The van der Waals surface area contributed by atoms with Gasteiger partial charge in [0.05, 0.1) is 13.2 Å². The highest BCUT2D eigenvalue weighted by atomic mass is 16.5. The average Bonchev–Trinajstić information content (AvgIpc) is 2.32. The summed E-state index contributed by atoms with van der Waals surface area (Å²) in [6, 6.07) is 16.8. The van der Waals surface area contributed by atoms with Gasteiger partial charge in [0.1, 0.15) is 0 Å². The Morgan fingerprint density at radius 1 is 0.882 bits per heavy atom. The number of ether oxygens (including phenoxy) is 1. The van der Waals surface area contributed by atoms with E-state index >= 15 is 0 Å². The molecular formula is C16H18O. The van der Waals surface area contributed by atoms with Gasteiger partial charge in [-0.25, -0.2) is 0 Å². The number of benzene rings is 2. The van der Waals surface area contributed by atoms with Crippen molar-refractivity contribution in [3.63, 3.8) is 0 Å². The zero-order valence-corrected chi connectivity index (χ0v) is 10.4. The smallest absolute Gasteiger partial charge is 0.0724 e. The molecule has 0 bridgehead atoms. The second-order valence-corrected chi connectivity index (χ2v) is 4.41. The van der Waals surface area contributed by atoms with Gasteiger partial charge in [-0.1, -0.05) is 54.1 Å². The van der Waals surface area contributed by atoms with Gasteiger partial charge in [0.15, 0.2) is 0 Å². The summed E-state index contributed by atoms with van der Waals surface area (Å²) in [5.74, 6) is 0. The monoisotopic (exact) mass is 226 g/mol. The number of rotatable bonds is 4. The van der Waals surface area contributed by atoms with E-state index in [4.69, 9.17) is 4.74 Å². The van der Waals surface area contributed by atoms with Crippen LogP contribution in [0.2, 0.25) is 0 Å². The van der Waals surface area contributed by atoms with Crippen LogP contribution in [0, 0.1) is 13.8 Å². The van der Waals surface area contributed by atoms with Crippen molar-refractivity contribution in [2.45, 2.75) is 27.1 Å². The molecule has 17 heavy (non-hydrogen) atoms. The van der Waals surface area contributed by atoms with Gasteiger partial charge in [-0.15, -0.1) is 0 Å². The van der Waals surface area contributed by atoms with Gasteiger partial charge in [0.25, 0.3) is 0 Å². The summed E-state index contributed by atoms with van der Waals surface area (Å²) in [6.07, 6.45) is 0. The molecule has 0 aliphatic rings. The molecule has 88 valence electrons. The second kappa shape index (κ2) is 5.65. The molecule has 0 N–H and O–H groups in total. The number of aryl methyl sites for hydroxylation is 2. The molecule has 0 fully saturated rings. The van der Waals surface area contributed by atoms with Crippen molar-refractivity contribution in [1.82, 2.24) is 0 Å². The van der Waals surface area contributed by atoms with Crippen LogP contribution in [0.5, 0.6) is 0 Å². The zero-order valence-electron chi connectivity index (χ0n) is 10.4. The minimum Gasteiger partial charge on any atom is -0.372 e. The lowest BCUT2D eigenvalue weighted by atomic mass is 10.1. The van der Waals surface area contributed by atoms with Crippen molar-refractivity contribution in [2.24, 2.45) is 0 Å². The molecule has 2 aromatic rings. The maximum atomic E-state index is 5.74. The molecule has 0 heterocycles. The van der Waals surface area contributed by atoms with Gasteiger partial charge in [0, 0.05) is 0 Å². The van der Waals surface area contributed by atoms with Gasteiger partial charge in [-0.2, -0.15) is 0 Å². The highest BCUT2D eigenvalue weighted by Crippen LogP contribution is 2.11. The zero-order chi connectivity index (χ0) is 12.1. The van der Waals surface area contributed by atoms with Crippen LogP contribution in [0.4, 0.5) is 0 Å². The lowest BCUT2D eigenvalue weighted by molar-refractivity contribution is 0.107. The first-order valence-electron chi connectivity index (χ1n) is 5.93. The van der Waals surface area contributed by atoms with E-state index in [2.05, 4.69) is 62.4 Å². The minimum atomic E-state index is 0.677. The van der Waals surface area contributed by atoms with E-state index in [1.165, 1.54) is 22.3 Å². The maximum absolute atomic E-state index is 5.74. The minimum absolute atomic E-state index is 0.677. The highest BCUT2D eigenvalue weighted by molar-refractivity contribution is 5.25. The van der Waals surface area contributed by atoms with E-state index in [-0.39, 0.29) is 0 Å². The molecule has 0 unspecified atom stereocenters. The Hall–Kier alpha value is -1.60. The van der Waals surface area contributed by atoms with E-state index in [1.807, 2.05) is 0 Å². The molecule has 0 aliphatic heterocycles. The summed E-state index contributed by atoms with van der Waals surface area (Å²) in [5.41, 5.74) is 5.07. The van der Waals surface area contributed by atoms with Crippen molar-refractivity contribution in [3.8, 4) is 0 Å². The molecule has 0 amide bonds. The molecule has 0 aliphatic carbocycles. The summed E-state index contributed by atoms with van der Waals surface area (Å²) in [5, 5.41) is 0. The van der Waals surface area contributed by atoms with Crippen LogP contribution < -0.4 is 0 Å². The summed E-state index contributed by atoms with van der Waals surface area (Å²) >= 11 is 0. The first kappa shape index (κ1) is 11.9. The van der Waals surface area contributed by atoms with Crippen LogP contribution in [-0.4, -0.2) is 0 Å². The Morgan fingerprint density at radius 3 is 2.47 bits per heavy atom. The SMILES string of the molecule is Cc1cccc(COCc2ccccc2C)c1. The third-order valence-corrected chi connectivity index (χ3v) is 2.87. The summed E-state index contributed by atoms with van der Waals surface area (Å²) in [7, 11) is 0. The van der Waals surface area contributed by atoms with Gasteiger partial charge in [0.2, 0.25) is 0 Å². The Labute approximate surface area is 103 Å². The standard InChI is InChI=1S/C16H18O/c1-13-6-5-8-15(10-13)11-17-12-16-9-4-3-7-14(16)2/h3-10H,11-12H2,1-2H3. The van der Waals surface area contributed by atoms with Gasteiger partial charge < -0.3 is 4.74 Å². The van der Waals surface area contributed by atoms with Gasteiger partial charge in [-0.05, 0) is 30.5 Å². The molecule has 0 saturated carbocycles. The Balaban J connectivity index is 1.90. The lowest BCUT2D eigenvalue weighted by Crippen LogP contribution is -1.96. The average molecular weight is 226 g/mol. The van der Waals surface area contributed by atoms with Crippen LogP contribution in [-0.2, 0) is 18.0 Å². The van der Waals surface area contributed by atoms with Crippen LogP contribution in [0.25, 0.3) is 0 Å². The number of hydrogen-bond donors (Lipinski definition) is 0. The molecule has 0 atom stereocenters. The Morgan fingerprint density at radius 2 is 1.71 bits per heavy atom. The predicted octanol–water partition coefficient (Wildman–Crippen LogP) is 4.02. The largest absolute Gasteiger partial charge is 0.372 e. The van der Waals surface area contributed by atoms with Crippen LogP contribution in [0.15, 0.2) is 48.5 Å². The molecule has 0 aromatic heterocycles. The second-order valence-electron chi connectivity index (χ2n) is 4.41. The van der Waals surface area contributed by atoms with Crippen molar-refractivity contribution in [3.05, 3.63) is 70.8 Å². The fourth-order valence-corrected chi connectivity index (χ4v) is 1.85. The third kappa shape index (κ3) is 3.43. The van der Waals surface area contributed by atoms with Gasteiger partial charge >= 0.3 is 0 Å². The fraction of sp³-hybridized carbons (Fsp3) is 0.250. The molecule has 1 heteroatoms. The normalized spacial score (nSPS) is 10.5. The molecule has 2 rings (SSSR count). The van der Waals surface area contributed by atoms with Gasteiger partial charge in [-0.3, -0.25) is 0 Å². The fourth-order valence-electron chi connectivity index (χ4n) is 1.85. The summed E-state index contributed by atoms with van der Waals surface area (Å²) in [4.78, 5) is 0. The lowest BCUT2D eigenvalue weighted by Gasteiger charge is -2.07. The summed E-state index contributed by atoms with van der Waals surface area (Å²) in [6.45, 7) is 5.58. The topological polar surface area (TPSA) is 9.23 Å². The molecule has 2 aromatic carbocycles. The van der Waals surface area contributed by atoms with E-state index in [0.717, 1.165) is 0 Å². The molecule has 0 spiro atoms. The summed E-state index contributed by atoms with van der Waals surface area (Å²) < 4.78 is 5.74. The maximum Gasteiger partial charge on any atom is 0.0724 e. The quantitative estimate of drug-likeness (QED) is 0.765. The van der Waals surface area contributed by atoms with Crippen LogP contribution >= 0.6 is 0 Å². The van der Waals surface area contributed by atoms with E-state index in [1.54, 1.807) is 0 Å². The third-order valence-electron chi connectivity index (χ3n) is 2.87. The highest BCUT2D eigenvalue weighted by Gasteiger charge is 1.98. The van der Waals surface area contributed by atoms with Crippen LogP contribution in [0.1, 0.15) is 22.3 Å². The Bertz CT molecular complexity index is 488. The van der Waals surface area contributed by atoms with Crippen molar-refractivity contribution < 1.29 is 4.74 Å². The first-order chi connectivity index (χ1) is 8.25. The molecular weight excluding hydrogens is 208 g/mol. The first-order valence-corrected chi connectivity index (χ1v) is 5.93. The van der Waals surface area contributed by atoms with Crippen LogP contribution in [0.3, 0.4) is 0 Å². The van der Waals surface area contributed by atoms with Crippen molar-refractivity contribution in [2.75, 3.05) is 0 Å². The predicted molar refractivity (Wildman–Crippen MR) is 70.9 cm³/mol. The van der Waals surface area contributed by atoms with E-state index in [0.29, 0.717) is 13.2 Å². The van der Waals surface area contributed by atoms with E-state index < -0.39 is 0 Å². The Kier molecular flexibility index (Phi) is 3.94. The van der Waals surface area contributed by atoms with E-state index in [9.17, 15) is 0 Å².